The van der Waals surface area contributed by atoms with Gasteiger partial charge in [-0.2, -0.15) is 0 Å². The quantitative estimate of drug-likeness (QED) is 0.740. The highest BCUT2D eigenvalue weighted by Crippen LogP contribution is 2.24. The van der Waals surface area contributed by atoms with Crippen LogP contribution in [0.25, 0.3) is 0 Å². The summed E-state index contributed by atoms with van der Waals surface area (Å²) in [6.07, 6.45) is 3.72. The van der Waals surface area contributed by atoms with E-state index in [2.05, 4.69) is 6.92 Å². The summed E-state index contributed by atoms with van der Waals surface area (Å²) in [5.74, 6) is -0.583. The number of methoxy groups -OCH3 is 1. The summed E-state index contributed by atoms with van der Waals surface area (Å²) in [5.41, 5.74) is -0.250. The van der Waals surface area contributed by atoms with Crippen LogP contribution < -0.4 is 0 Å². The third-order valence-electron chi connectivity index (χ3n) is 3.65. The minimum Gasteiger partial charge on any atom is -0.507 e. The lowest BCUT2D eigenvalue weighted by atomic mass is 9.94. The first kappa shape index (κ1) is 16.5. The van der Waals surface area contributed by atoms with E-state index in [1.165, 1.54) is 6.07 Å². The molecule has 0 saturated carbocycles. The Morgan fingerprint density at radius 2 is 2.00 bits per heavy atom. The first-order valence-electron chi connectivity index (χ1n) is 7.09. The van der Waals surface area contributed by atoms with E-state index in [1.807, 2.05) is 6.92 Å². The van der Waals surface area contributed by atoms with Crippen molar-refractivity contribution in [2.24, 2.45) is 0 Å². The second-order valence-electron chi connectivity index (χ2n) is 4.94. The second-order valence-corrected chi connectivity index (χ2v) is 4.94. The van der Waals surface area contributed by atoms with E-state index in [9.17, 15) is 9.90 Å². The van der Waals surface area contributed by atoms with Gasteiger partial charge in [-0.05, 0) is 25.0 Å². The molecule has 0 heterocycles. The van der Waals surface area contributed by atoms with Gasteiger partial charge in [0, 0.05) is 7.11 Å². The maximum atomic E-state index is 12.0. The summed E-state index contributed by atoms with van der Waals surface area (Å²) in [6, 6.07) is 6.37. The van der Waals surface area contributed by atoms with E-state index < -0.39 is 11.6 Å². The third-order valence-corrected chi connectivity index (χ3v) is 3.65. The second kappa shape index (κ2) is 7.90. The topological polar surface area (TPSA) is 55.8 Å². The Morgan fingerprint density at radius 1 is 1.30 bits per heavy atom. The maximum Gasteiger partial charge on any atom is 0.342 e. The number of phenols is 1. The Kier molecular flexibility index (Phi) is 6.52. The number of carbonyl (C=O) groups is 1. The smallest absolute Gasteiger partial charge is 0.342 e. The molecule has 0 fully saturated rings. The highest BCUT2D eigenvalue weighted by molar-refractivity contribution is 5.92. The molecule has 1 unspecified atom stereocenters. The standard InChI is InChI=1S/C16H24O4/c1-4-6-11-16(5-2,19-3)12-20-15(18)13-9-7-8-10-14(13)17/h7-10,17H,4-6,11-12H2,1-3H3. The number of carbonyl (C=O) groups excluding carboxylic acids is 1. The van der Waals surface area contributed by atoms with Crippen molar-refractivity contribution >= 4 is 5.97 Å². The number of esters is 1. The van der Waals surface area contributed by atoms with Crippen LogP contribution in [0.3, 0.4) is 0 Å². The predicted octanol–water partition coefficient (Wildman–Crippen LogP) is 3.53. The molecule has 112 valence electrons. The molecule has 20 heavy (non-hydrogen) atoms. The Labute approximate surface area is 120 Å². The number of unbranched alkanes of at least 4 members (excludes halogenated alkanes) is 1. The monoisotopic (exact) mass is 280 g/mol. The van der Waals surface area contributed by atoms with E-state index in [4.69, 9.17) is 9.47 Å². The molecule has 1 atom stereocenters. The summed E-state index contributed by atoms with van der Waals surface area (Å²) in [6.45, 7) is 4.34. The molecule has 0 amide bonds. The van der Waals surface area contributed by atoms with Gasteiger partial charge in [0.15, 0.2) is 0 Å². The zero-order valence-corrected chi connectivity index (χ0v) is 12.5. The molecule has 0 spiro atoms. The van der Waals surface area contributed by atoms with Gasteiger partial charge in [0.05, 0.1) is 0 Å². The number of phenolic OH excluding ortho intramolecular Hbond substituents is 1. The average molecular weight is 280 g/mol. The average Bonchev–Trinajstić information content (AvgIpc) is 2.48. The molecule has 0 bridgehead atoms. The van der Waals surface area contributed by atoms with Crippen LogP contribution in [0.1, 0.15) is 49.9 Å². The molecule has 0 aliphatic carbocycles. The highest BCUT2D eigenvalue weighted by Gasteiger charge is 2.29. The number of aromatic hydroxyl groups is 1. The molecule has 1 rings (SSSR count). The van der Waals surface area contributed by atoms with Crippen molar-refractivity contribution in [2.45, 2.75) is 45.1 Å². The van der Waals surface area contributed by atoms with E-state index in [-0.39, 0.29) is 17.9 Å². The Bertz CT molecular complexity index is 424. The minimum atomic E-state index is -0.519. The lowest BCUT2D eigenvalue weighted by molar-refractivity contribution is -0.0695. The van der Waals surface area contributed by atoms with E-state index in [0.717, 1.165) is 25.7 Å². The molecule has 1 N–H and O–H groups in total. The Balaban J connectivity index is 2.68. The van der Waals surface area contributed by atoms with Crippen LogP contribution >= 0.6 is 0 Å². The van der Waals surface area contributed by atoms with Crippen LogP contribution in [0.4, 0.5) is 0 Å². The van der Waals surface area contributed by atoms with Gasteiger partial charge < -0.3 is 14.6 Å². The van der Waals surface area contributed by atoms with Crippen molar-refractivity contribution in [1.29, 1.82) is 0 Å². The summed E-state index contributed by atoms with van der Waals surface area (Å²) >= 11 is 0. The summed E-state index contributed by atoms with van der Waals surface area (Å²) < 4.78 is 10.9. The molecule has 0 saturated heterocycles. The van der Waals surface area contributed by atoms with Crippen molar-refractivity contribution in [2.75, 3.05) is 13.7 Å². The zero-order chi connectivity index (χ0) is 15.0. The van der Waals surface area contributed by atoms with Gasteiger partial charge in [-0.3, -0.25) is 0 Å². The van der Waals surface area contributed by atoms with Crippen molar-refractivity contribution < 1.29 is 19.4 Å². The Morgan fingerprint density at radius 3 is 2.55 bits per heavy atom. The van der Waals surface area contributed by atoms with Gasteiger partial charge in [0.2, 0.25) is 0 Å². The molecular weight excluding hydrogens is 256 g/mol. The molecule has 4 nitrogen and oxygen atoms in total. The van der Waals surface area contributed by atoms with Crippen molar-refractivity contribution in [3.63, 3.8) is 0 Å². The number of benzene rings is 1. The molecular formula is C16H24O4. The van der Waals surface area contributed by atoms with Gasteiger partial charge in [0.1, 0.15) is 23.5 Å². The maximum absolute atomic E-state index is 12.0. The third kappa shape index (κ3) is 4.23. The van der Waals surface area contributed by atoms with Crippen LogP contribution in [-0.2, 0) is 9.47 Å². The Hall–Kier alpha value is -1.55. The summed E-state index contributed by atoms with van der Waals surface area (Å²) in [4.78, 5) is 12.0. The van der Waals surface area contributed by atoms with Gasteiger partial charge in [-0.25, -0.2) is 4.79 Å². The first-order chi connectivity index (χ1) is 9.58. The number of rotatable bonds is 8. The fourth-order valence-electron chi connectivity index (χ4n) is 2.08. The van der Waals surface area contributed by atoms with E-state index in [0.29, 0.717) is 0 Å². The molecule has 1 aromatic carbocycles. The minimum absolute atomic E-state index is 0.0643. The zero-order valence-electron chi connectivity index (χ0n) is 12.5. The number of ether oxygens (including phenoxy) is 2. The van der Waals surface area contributed by atoms with Gasteiger partial charge in [-0.15, -0.1) is 0 Å². The van der Waals surface area contributed by atoms with Crippen LogP contribution in [0.2, 0.25) is 0 Å². The fraction of sp³-hybridized carbons (Fsp3) is 0.562. The van der Waals surface area contributed by atoms with Crippen LogP contribution in [-0.4, -0.2) is 30.4 Å². The summed E-state index contributed by atoms with van der Waals surface area (Å²) in [5, 5.41) is 9.63. The highest BCUT2D eigenvalue weighted by atomic mass is 16.6. The number of hydrogen-bond acceptors (Lipinski definition) is 4. The molecule has 0 aromatic heterocycles. The fourth-order valence-corrected chi connectivity index (χ4v) is 2.08. The number of hydrogen-bond donors (Lipinski definition) is 1. The molecule has 4 heteroatoms. The van der Waals surface area contributed by atoms with E-state index >= 15 is 0 Å². The molecule has 1 aromatic rings. The van der Waals surface area contributed by atoms with Crippen molar-refractivity contribution in [1.82, 2.24) is 0 Å². The lowest BCUT2D eigenvalue weighted by Gasteiger charge is -2.30. The molecule has 0 aliphatic heterocycles. The van der Waals surface area contributed by atoms with Crippen molar-refractivity contribution in [3.8, 4) is 5.75 Å². The lowest BCUT2D eigenvalue weighted by Crippen LogP contribution is -2.37. The van der Waals surface area contributed by atoms with Crippen LogP contribution in [0, 0.1) is 0 Å². The normalized spacial score (nSPS) is 13.8. The largest absolute Gasteiger partial charge is 0.507 e. The number of para-hydroxylation sites is 1. The van der Waals surface area contributed by atoms with Gasteiger partial charge >= 0.3 is 5.97 Å². The van der Waals surface area contributed by atoms with E-state index in [1.54, 1.807) is 25.3 Å². The molecule has 0 radical (unpaired) electrons. The van der Waals surface area contributed by atoms with Crippen LogP contribution in [0.5, 0.6) is 5.75 Å². The van der Waals surface area contributed by atoms with Crippen molar-refractivity contribution in [3.05, 3.63) is 29.8 Å². The first-order valence-corrected chi connectivity index (χ1v) is 7.09. The molecule has 0 aliphatic rings. The SMILES string of the molecule is CCCCC(CC)(COC(=O)c1ccccc1O)OC. The van der Waals surface area contributed by atoms with Crippen LogP contribution in [0.15, 0.2) is 24.3 Å². The predicted molar refractivity (Wildman–Crippen MR) is 77.9 cm³/mol. The van der Waals surface area contributed by atoms with Gasteiger partial charge in [0.25, 0.3) is 0 Å². The van der Waals surface area contributed by atoms with Gasteiger partial charge in [-0.1, -0.05) is 38.8 Å². The summed E-state index contributed by atoms with van der Waals surface area (Å²) in [7, 11) is 1.65.